The molecule has 0 saturated carbocycles. The average molecular weight is 479 g/mol. The lowest BCUT2D eigenvalue weighted by molar-refractivity contribution is -0.0284. The molecule has 5 rings (SSSR count). The van der Waals surface area contributed by atoms with Gasteiger partial charge in [0.2, 0.25) is 0 Å². The monoisotopic (exact) mass is 478 g/mol. The lowest BCUT2D eigenvalue weighted by atomic mass is 9.99. The molecule has 2 aromatic heterocycles. The van der Waals surface area contributed by atoms with Crippen LogP contribution in [0.1, 0.15) is 50.4 Å². The number of aryl methyl sites for hydroxylation is 1. The van der Waals surface area contributed by atoms with Crippen LogP contribution in [0.5, 0.6) is 0 Å². The Bertz CT molecular complexity index is 1250. The summed E-state index contributed by atoms with van der Waals surface area (Å²) >= 11 is 0. The van der Waals surface area contributed by atoms with E-state index < -0.39 is 5.69 Å². The molecule has 0 aliphatic carbocycles. The molecule has 0 radical (unpaired) electrons. The standard InChI is InChI=1S/C27H34N4O4/c1-3-29-19(2)28-26(32)31(27(29)33)13-6-12-30-22-9-10-23(30)16-24(15-22)35-18-20-7-4-5-8-25(20)21-11-14-34-17-21/h4-5,7-8,11,14,17,22-24H,3,6,9-10,12-13,15-16,18H2,1-2H3. The summed E-state index contributed by atoms with van der Waals surface area (Å²) < 4.78 is 14.5. The van der Waals surface area contributed by atoms with E-state index in [1.165, 1.54) is 23.0 Å². The van der Waals surface area contributed by atoms with Crippen molar-refractivity contribution < 1.29 is 9.15 Å². The minimum Gasteiger partial charge on any atom is -0.472 e. The molecule has 4 heterocycles. The molecular weight excluding hydrogens is 444 g/mol. The molecule has 2 unspecified atom stereocenters. The minimum absolute atomic E-state index is 0.252. The molecule has 186 valence electrons. The first-order chi connectivity index (χ1) is 17.0. The lowest BCUT2D eigenvalue weighted by Crippen LogP contribution is -2.47. The van der Waals surface area contributed by atoms with Gasteiger partial charge in [0.1, 0.15) is 5.82 Å². The van der Waals surface area contributed by atoms with Crippen LogP contribution in [0.3, 0.4) is 0 Å². The van der Waals surface area contributed by atoms with E-state index in [9.17, 15) is 9.59 Å². The summed E-state index contributed by atoms with van der Waals surface area (Å²) in [7, 11) is 0. The number of hydrogen-bond acceptors (Lipinski definition) is 6. The molecule has 0 spiro atoms. The maximum Gasteiger partial charge on any atom is 0.353 e. The third-order valence-electron chi connectivity index (χ3n) is 7.62. The largest absolute Gasteiger partial charge is 0.472 e. The van der Waals surface area contributed by atoms with Crippen LogP contribution < -0.4 is 11.4 Å². The predicted octanol–water partition coefficient (Wildman–Crippen LogP) is 3.60. The topological polar surface area (TPSA) is 82.5 Å². The van der Waals surface area contributed by atoms with Crippen LogP contribution in [0.4, 0.5) is 0 Å². The van der Waals surface area contributed by atoms with Gasteiger partial charge in [-0.25, -0.2) is 14.2 Å². The fourth-order valence-corrected chi connectivity index (χ4v) is 5.87. The van der Waals surface area contributed by atoms with Crippen molar-refractivity contribution in [3.8, 4) is 11.1 Å². The zero-order valence-corrected chi connectivity index (χ0v) is 20.6. The number of rotatable bonds is 9. The number of ether oxygens (including phenoxy) is 1. The summed E-state index contributed by atoms with van der Waals surface area (Å²) in [6.07, 6.45) is 8.91. The fraction of sp³-hybridized carbons (Fsp3) is 0.519. The van der Waals surface area contributed by atoms with Gasteiger partial charge < -0.3 is 9.15 Å². The smallest absolute Gasteiger partial charge is 0.353 e. The van der Waals surface area contributed by atoms with Crippen LogP contribution in [-0.2, 0) is 24.4 Å². The molecule has 1 aromatic carbocycles. The number of furan rings is 1. The van der Waals surface area contributed by atoms with Gasteiger partial charge in [0, 0.05) is 37.3 Å². The van der Waals surface area contributed by atoms with Gasteiger partial charge in [-0.1, -0.05) is 24.3 Å². The van der Waals surface area contributed by atoms with E-state index in [1.807, 2.05) is 19.1 Å². The third-order valence-corrected chi connectivity index (χ3v) is 7.62. The molecule has 2 atom stereocenters. The molecular formula is C27H34N4O4. The number of benzene rings is 1. The fourth-order valence-electron chi connectivity index (χ4n) is 5.87. The maximum absolute atomic E-state index is 12.6. The molecule has 2 fully saturated rings. The Kier molecular flexibility index (Phi) is 7.02. The van der Waals surface area contributed by atoms with Crippen LogP contribution in [-0.4, -0.2) is 43.8 Å². The number of hydrogen-bond donors (Lipinski definition) is 0. The van der Waals surface area contributed by atoms with E-state index in [2.05, 4.69) is 28.1 Å². The quantitative estimate of drug-likeness (QED) is 0.467. The Morgan fingerprint density at radius 1 is 1.06 bits per heavy atom. The number of aromatic nitrogens is 3. The van der Waals surface area contributed by atoms with Gasteiger partial charge in [-0.2, -0.15) is 4.98 Å². The molecule has 0 amide bonds. The van der Waals surface area contributed by atoms with Crippen molar-refractivity contribution in [1.29, 1.82) is 0 Å². The molecule has 2 bridgehead atoms. The van der Waals surface area contributed by atoms with Gasteiger partial charge in [0.05, 0.1) is 25.2 Å². The summed E-state index contributed by atoms with van der Waals surface area (Å²) in [6.45, 7) is 6.01. The van der Waals surface area contributed by atoms with E-state index >= 15 is 0 Å². The van der Waals surface area contributed by atoms with Gasteiger partial charge in [-0.15, -0.1) is 0 Å². The molecule has 0 N–H and O–H groups in total. The molecule has 3 aromatic rings. The van der Waals surface area contributed by atoms with Gasteiger partial charge in [-0.3, -0.25) is 9.47 Å². The highest BCUT2D eigenvalue weighted by Gasteiger charge is 2.40. The molecule has 2 saturated heterocycles. The van der Waals surface area contributed by atoms with Crippen molar-refractivity contribution in [1.82, 2.24) is 19.0 Å². The van der Waals surface area contributed by atoms with E-state index in [4.69, 9.17) is 9.15 Å². The van der Waals surface area contributed by atoms with Crippen molar-refractivity contribution in [2.24, 2.45) is 0 Å². The van der Waals surface area contributed by atoms with Crippen molar-refractivity contribution in [2.75, 3.05) is 6.54 Å². The van der Waals surface area contributed by atoms with Gasteiger partial charge in [-0.05, 0) is 63.1 Å². The summed E-state index contributed by atoms with van der Waals surface area (Å²) in [5, 5.41) is 0. The Balaban J connectivity index is 1.17. The van der Waals surface area contributed by atoms with Crippen LogP contribution in [0, 0.1) is 6.92 Å². The molecule has 8 nitrogen and oxygen atoms in total. The van der Waals surface area contributed by atoms with Crippen LogP contribution >= 0.6 is 0 Å². The first kappa shape index (κ1) is 23.8. The zero-order chi connectivity index (χ0) is 24.4. The number of nitrogens with zero attached hydrogens (tertiary/aromatic N) is 4. The summed E-state index contributed by atoms with van der Waals surface area (Å²) in [5.41, 5.74) is 2.72. The summed E-state index contributed by atoms with van der Waals surface area (Å²) in [6, 6.07) is 11.3. The second-order valence-electron chi connectivity index (χ2n) is 9.67. The van der Waals surface area contributed by atoms with E-state index in [-0.39, 0.29) is 11.8 Å². The average Bonchev–Trinajstić information content (AvgIpc) is 3.46. The minimum atomic E-state index is -0.442. The Morgan fingerprint density at radius 2 is 1.83 bits per heavy atom. The highest BCUT2D eigenvalue weighted by atomic mass is 16.5. The van der Waals surface area contributed by atoms with Crippen LogP contribution in [0.2, 0.25) is 0 Å². The lowest BCUT2D eigenvalue weighted by Gasteiger charge is -2.39. The van der Waals surface area contributed by atoms with Gasteiger partial charge in [0.25, 0.3) is 0 Å². The second-order valence-corrected chi connectivity index (χ2v) is 9.67. The first-order valence-electron chi connectivity index (χ1n) is 12.7. The molecule has 35 heavy (non-hydrogen) atoms. The second kappa shape index (κ2) is 10.3. The van der Waals surface area contributed by atoms with Crippen LogP contribution in [0.25, 0.3) is 11.1 Å². The van der Waals surface area contributed by atoms with Crippen molar-refractivity contribution >= 4 is 0 Å². The molecule has 2 aliphatic heterocycles. The SMILES string of the molecule is CCn1c(C)nc(=O)n(CCCN2C3CCC2CC(OCc2ccccc2-c2ccoc2)C3)c1=O. The third kappa shape index (κ3) is 4.90. The molecule has 2 aliphatic rings. The summed E-state index contributed by atoms with van der Waals surface area (Å²) in [4.78, 5) is 31.5. The number of fused-ring (bicyclic) bond motifs is 2. The van der Waals surface area contributed by atoms with Crippen molar-refractivity contribution in [3.05, 3.63) is 75.2 Å². The number of piperidine rings is 1. The van der Waals surface area contributed by atoms with E-state index in [0.29, 0.717) is 37.6 Å². The first-order valence-corrected chi connectivity index (χ1v) is 12.7. The highest BCUT2D eigenvalue weighted by Crippen LogP contribution is 2.37. The van der Waals surface area contributed by atoms with Crippen molar-refractivity contribution in [2.45, 2.75) is 83.8 Å². The highest BCUT2D eigenvalue weighted by molar-refractivity contribution is 5.65. The van der Waals surface area contributed by atoms with Gasteiger partial charge >= 0.3 is 11.4 Å². The van der Waals surface area contributed by atoms with Crippen molar-refractivity contribution in [3.63, 3.8) is 0 Å². The molecule has 8 heteroatoms. The van der Waals surface area contributed by atoms with Gasteiger partial charge in [0.15, 0.2) is 0 Å². The Labute approximate surface area is 205 Å². The predicted molar refractivity (Wildman–Crippen MR) is 133 cm³/mol. The Morgan fingerprint density at radius 3 is 2.54 bits per heavy atom. The van der Waals surface area contributed by atoms with E-state index in [0.717, 1.165) is 36.9 Å². The Hall–Kier alpha value is -2.97. The van der Waals surface area contributed by atoms with E-state index in [1.54, 1.807) is 24.0 Å². The maximum atomic E-state index is 12.6. The zero-order valence-electron chi connectivity index (χ0n) is 20.6. The summed E-state index contributed by atoms with van der Waals surface area (Å²) in [5.74, 6) is 0.478. The normalized spacial score (nSPS) is 22.1. The van der Waals surface area contributed by atoms with Crippen LogP contribution in [0.15, 0.2) is 56.9 Å².